The fourth-order valence-electron chi connectivity index (χ4n) is 0.629. The van der Waals surface area contributed by atoms with Crippen LogP contribution in [0.15, 0.2) is 16.9 Å². The molecule has 5 nitrogen and oxygen atoms in total. The predicted octanol–water partition coefficient (Wildman–Crippen LogP) is 1.17. The van der Waals surface area contributed by atoms with Crippen molar-refractivity contribution >= 4 is 17.8 Å². The van der Waals surface area contributed by atoms with E-state index >= 15 is 0 Å². The predicted molar refractivity (Wildman–Crippen MR) is 45.1 cm³/mol. The first-order valence-corrected chi connectivity index (χ1v) is 3.66. The minimum atomic E-state index is -0.905. The Labute approximate surface area is 78.2 Å². The van der Waals surface area contributed by atoms with Crippen LogP contribution < -0.4 is 10.3 Å². The smallest absolute Gasteiger partial charge is 0.437 e. The molecule has 1 aromatic rings. The van der Waals surface area contributed by atoms with Crippen molar-refractivity contribution in [3.8, 4) is 5.88 Å². The highest BCUT2D eigenvalue weighted by atomic mass is 35.5. The van der Waals surface area contributed by atoms with Crippen molar-refractivity contribution in [3.63, 3.8) is 0 Å². The highest BCUT2D eigenvalue weighted by Crippen LogP contribution is 2.07. The number of aromatic amines is 1. The average molecular weight is 204 g/mol. The molecule has 6 heteroatoms. The topological polar surface area (TPSA) is 68.4 Å². The second kappa shape index (κ2) is 3.95. The van der Waals surface area contributed by atoms with E-state index in [1.807, 2.05) is 0 Å². The standard InChI is InChI=1S/C7H6ClNO4/c1-12-7(11)13-5-3-2-4(8)6(10)9-5/h2-3H,1H3,(H,9,10). The van der Waals surface area contributed by atoms with Gasteiger partial charge in [-0.25, -0.2) is 4.79 Å². The first-order valence-electron chi connectivity index (χ1n) is 3.28. The molecule has 1 aromatic heterocycles. The number of carbonyl (C=O) groups is 1. The third kappa shape index (κ3) is 2.48. The van der Waals surface area contributed by atoms with Gasteiger partial charge in [-0.05, 0) is 6.07 Å². The molecule has 0 atom stereocenters. The Bertz CT molecular complexity index is 373. The first kappa shape index (κ1) is 9.60. The van der Waals surface area contributed by atoms with Crippen molar-refractivity contribution in [2.45, 2.75) is 0 Å². The summed E-state index contributed by atoms with van der Waals surface area (Å²) in [4.78, 5) is 23.7. The third-order valence-corrected chi connectivity index (χ3v) is 1.49. The van der Waals surface area contributed by atoms with Crippen molar-refractivity contribution in [2.75, 3.05) is 7.11 Å². The van der Waals surface area contributed by atoms with E-state index in [2.05, 4.69) is 14.5 Å². The third-order valence-electron chi connectivity index (χ3n) is 1.19. The Morgan fingerprint density at radius 1 is 1.54 bits per heavy atom. The van der Waals surface area contributed by atoms with Crippen molar-refractivity contribution < 1.29 is 14.3 Å². The number of carbonyl (C=O) groups excluding carboxylic acids is 1. The molecule has 0 aromatic carbocycles. The molecule has 0 unspecified atom stereocenters. The van der Waals surface area contributed by atoms with E-state index < -0.39 is 11.7 Å². The van der Waals surface area contributed by atoms with E-state index in [0.717, 1.165) is 7.11 Å². The molecular weight excluding hydrogens is 198 g/mol. The highest BCUT2D eigenvalue weighted by molar-refractivity contribution is 6.30. The van der Waals surface area contributed by atoms with Gasteiger partial charge in [-0.2, -0.15) is 0 Å². The van der Waals surface area contributed by atoms with Gasteiger partial charge in [0.05, 0.1) is 7.11 Å². The maximum absolute atomic E-state index is 10.9. The zero-order valence-corrected chi connectivity index (χ0v) is 7.42. The number of hydrogen-bond acceptors (Lipinski definition) is 4. The summed E-state index contributed by atoms with van der Waals surface area (Å²) >= 11 is 5.44. The number of pyridine rings is 1. The van der Waals surface area contributed by atoms with Crippen molar-refractivity contribution in [3.05, 3.63) is 27.5 Å². The summed E-state index contributed by atoms with van der Waals surface area (Å²) in [5.41, 5.74) is -0.525. The summed E-state index contributed by atoms with van der Waals surface area (Å²) < 4.78 is 8.73. The molecule has 0 aliphatic carbocycles. The van der Waals surface area contributed by atoms with Crippen LogP contribution in [0.4, 0.5) is 4.79 Å². The van der Waals surface area contributed by atoms with Crippen molar-refractivity contribution in [1.82, 2.24) is 4.98 Å². The number of aromatic nitrogens is 1. The Morgan fingerprint density at radius 2 is 2.23 bits per heavy atom. The minimum absolute atomic E-state index is 0.0127. The number of H-pyrrole nitrogens is 1. The summed E-state index contributed by atoms with van der Waals surface area (Å²) in [6.45, 7) is 0. The highest BCUT2D eigenvalue weighted by Gasteiger charge is 2.04. The van der Waals surface area contributed by atoms with E-state index in [4.69, 9.17) is 11.6 Å². The second-order valence-corrected chi connectivity index (χ2v) is 2.46. The molecule has 0 saturated carbocycles. The van der Waals surface area contributed by atoms with Gasteiger partial charge in [-0.3, -0.25) is 9.78 Å². The zero-order valence-electron chi connectivity index (χ0n) is 6.67. The average Bonchev–Trinajstić information content (AvgIpc) is 2.11. The van der Waals surface area contributed by atoms with Gasteiger partial charge in [0.2, 0.25) is 5.88 Å². The first-order chi connectivity index (χ1) is 6.13. The number of hydrogen-bond donors (Lipinski definition) is 1. The lowest BCUT2D eigenvalue weighted by molar-refractivity contribution is 0.119. The number of ether oxygens (including phenoxy) is 2. The van der Waals surface area contributed by atoms with Crippen LogP contribution in [-0.2, 0) is 4.74 Å². The van der Waals surface area contributed by atoms with Crippen LogP contribution in [0.1, 0.15) is 0 Å². The van der Waals surface area contributed by atoms with Gasteiger partial charge in [0.1, 0.15) is 5.02 Å². The van der Waals surface area contributed by atoms with Gasteiger partial charge >= 0.3 is 6.16 Å². The second-order valence-electron chi connectivity index (χ2n) is 2.06. The number of methoxy groups -OCH3 is 1. The van der Waals surface area contributed by atoms with Gasteiger partial charge in [0.15, 0.2) is 0 Å². The summed E-state index contributed by atoms with van der Waals surface area (Å²) in [5.74, 6) is -0.0127. The molecule has 70 valence electrons. The summed E-state index contributed by atoms with van der Waals surface area (Å²) in [7, 11) is 1.16. The van der Waals surface area contributed by atoms with Crippen LogP contribution in [0.5, 0.6) is 5.88 Å². The minimum Gasteiger partial charge on any atom is -0.437 e. The molecule has 1 heterocycles. The van der Waals surface area contributed by atoms with E-state index in [1.54, 1.807) is 0 Å². The monoisotopic (exact) mass is 203 g/mol. The molecule has 0 aliphatic rings. The molecular formula is C7H6ClNO4. The number of nitrogens with one attached hydrogen (secondary N) is 1. The van der Waals surface area contributed by atoms with Gasteiger partial charge in [-0.15, -0.1) is 0 Å². The molecule has 0 aliphatic heterocycles. The molecule has 0 spiro atoms. The Kier molecular flexibility index (Phi) is 2.92. The van der Waals surface area contributed by atoms with E-state index in [-0.39, 0.29) is 10.9 Å². The Balaban J connectivity index is 2.86. The van der Waals surface area contributed by atoms with Gasteiger partial charge in [-0.1, -0.05) is 11.6 Å². The Morgan fingerprint density at radius 3 is 2.77 bits per heavy atom. The van der Waals surface area contributed by atoms with Crippen molar-refractivity contribution in [2.24, 2.45) is 0 Å². The lowest BCUT2D eigenvalue weighted by Crippen LogP contribution is -2.13. The maximum atomic E-state index is 10.9. The lowest BCUT2D eigenvalue weighted by atomic mass is 10.5. The van der Waals surface area contributed by atoms with Gasteiger partial charge in [0.25, 0.3) is 5.56 Å². The fraction of sp³-hybridized carbons (Fsp3) is 0.143. The SMILES string of the molecule is COC(=O)Oc1ccc(Cl)c(=O)[nH]1. The van der Waals surface area contributed by atoms with Crippen LogP contribution in [0.2, 0.25) is 5.02 Å². The van der Waals surface area contributed by atoms with Crippen LogP contribution in [0.25, 0.3) is 0 Å². The molecule has 0 saturated heterocycles. The van der Waals surface area contributed by atoms with Gasteiger partial charge in [0, 0.05) is 6.07 Å². The number of halogens is 1. The fourth-order valence-corrected chi connectivity index (χ4v) is 0.739. The van der Waals surface area contributed by atoms with Crippen molar-refractivity contribution in [1.29, 1.82) is 0 Å². The van der Waals surface area contributed by atoms with Crippen LogP contribution in [0, 0.1) is 0 Å². The van der Waals surface area contributed by atoms with Crippen LogP contribution in [-0.4, -0.2) is 18.2 Å². The van der Waals surface area contributed by atoms with Crippen LogP contribution >= 0.6 is 11.6 Å². The largest absolute Gasteiger partial charge is 0.514 e. The summed E-state index contributed by atoms with van der Waals surface area (Å²) in [6.07, 6.45) is -0.905. The molecule has 0 fully saturated rings. The zero-order chi connectivity index (χ0) is 9.84. The summed E-state index contributed by atoms with van der Waals surface area (Å²) in [5, 5.41) is 0.0252. The normalized spacial score (nSPS) is 9.38. The quantitative estimate of drug-likeness (QED) is 0.696. The molecule has 0 bridgehead atoms. The molecule has 0 amide bonds. The van der Waals surface area contributed by atoms with Gasteiger partial charge < -0.3 is 9.47 Å². The van der Waals surface area contributed by atoms with Crippen LogP contribution in [0.3, 0.4) is 0 Å². The van der Waals surface area contributed by atoms with E-state index in [0.29, 0.717) is 0 Å². The van der Waals surface area contributed by atoms with E-state index in [1.165, 1.54) is 12.1 Å². The molecule has 1 rings (SSSR count). The maximum Gasteiger partial charge on any atom is 0.514 e. The van der Waals surface area contributed by atoms with E-state index in [9.17, 15) is 9.59 Å². The molecule has 1 N–H and O–H groups in total. The number of rotatable bonds is 1. The molecule has 0 radical (unpaired) electrons. The Hall–Kier alpha value is -1.49. The summed E-state index contributed by atoms with van der Waals surface area (Å²) in [6, 6.07) is 2.67. The lowest BCUT2D eigenvalue weighted by Gasteiger charge is -2.00. The molecule has 13 heavy (non-hydrogen) atoms.